The molecule has 0 aliphatic heterocycles. The summed E-state index contributed by atoms with van der Waals surface area (Å²) in [7, 11) is 0. The van der Waals surface area contributed by atoms with E-state index in [1.165, 1.54) is 24.3 Å². The predicted molar refractivity (Wildman–Crippen MR) is 69.9 cm³/mol. The predicted octanol–water partition coefficient (Wildman–Crippen LogP) is 2.10. The van der Waals surface area contributed by atoms with Gasteiger partial charge in [-0.15, -0.1) is 0 Å². The first-order valence-electron chi connectivity index (χ1n) is 5.79. The van der Waals surface area contributed by atoms with E-state index in [0.29, 0.717) is 0 Å². The zero-order chi connectivity index (χ0) is 14.5. The lowest BCUT2D eigenvalue weighted by molar-refractivity contribution is -0.115. The highest BCUT2D eigenvalue weighted by atomic mass is 19.1. The Morgan fingerprint density at radius 2 is 1.95 bits per heavy atom. The van der Waals surface area contributed by atoms with Crippen LogP contribution in [0, 0.1) is 5.82 Å². The summed E-state index contributed by atoms with van der Waals surface area (Å²) < 4.78 is 13.4. The van der Waals surface area contributed by atoms with Crippen molar-refractivity contribution in [1.29, 1.82) is 0 Å². The van der Waals surface area contributed by atoms with E-state index in [2.05, 4.69) is 10.3 Å². The van der Waals surface area contributed by atoms with Crippen molar-refractivity contribution in [1.82, 2.24) is 4.98 Å². The maximum atomic E-state index is 13.4. The van der Waals surface area contributed by atoms with Crippen LogP contribution in [-0.4, -0.2) is 22.0 Å². The maximum Gasteiger partial charge on any atom is 0.337 e. The molecule has 6 heteroatoms. The number of carboxylic acid groups (broad SMARTS) is 1. The highest BCUT2D eigenvalue weighted by Gasteiger charge is 2.09. The summed E-state index contributed by atoms with van der Waals surface area (Å²) in [6.45, 7) is 0. The molecule has 2 aromatic rings. The van der Waals surface area contributed by atoms with Crippen LogP contribution in [0.4, 0.5) is 10.2 Å². The van der Waals surface area contributed by atoms with E-state index < -0.39 is 17.7 Å². The summed E-state index contributed by atoms with van der Waals surface area (Å²) in [5.41, 5.74) is 0.309. The molecular formula is C14H11FN2O3. The number of carboxylic acids is 1. The number of nitrogens with zero attached hydrogens (tertiary/aromatic N) is 1. The second kappa shape index (κ2) is 5.92. The fraction of sp³-hybridized carbons (Fsp3) is 0.0714. The third kappa shape index (κ3) is 3.38. The Morgan fingerprint density at radius 3 is 2.55 bits per heavy atom. The van der Waals surface area contributed by atoms with Crippen LogP contribution in [0.15, 0.2) is 42.6 Å². The number of aromatic nitrogens is 1. The second-order valence-electron chi connectivity index (χ2n) is 4.05. The molecule has 0 bridgehead atoms. The Kier molecular flexibility index (Phi) is 4.05. The van der Waals surface area contributed by atoms with Crippen LogP contribution < -0.4 is 5.32 Å². The molecule has 0 fully saturated rings. The minimum absolute atomic E-state index is 0.0251. The standard InChI is InChI=1S/C14H11FN2O3/c15-11-4-2-1-3-9(11)7-13(18)17-12-6-5-10(8-16-12)14(19)20/h1-6,8H,7H2,(H,19,20)(H,16,17,18). The lowest BCUT2D eigenvalue weighted by Crippen LogP contribution is -2.16. The maximum absolute atomic E-state index is 13.4. The first-order chi connectivity index (χ1) is 9.56. The molecule has 0 radical (unpaired) electrons. The van der Waals surface area contributed by atoms with Gasteiger partial charge >= 0.3 is 5.97 Å². The van der Waals surface area contributed by atoms with E-state index in [-0.39, 0.29) is 23.4 Å². The number of benzene rings is 1. The Balaban J connectivity index is 2.01. The number of rotatable bonds is 4. The minimum Gasteiger partial charge on any atom is -0.478 e. The zero-order valence-corrected chi connectivity index (χ0v) is 10.3. The molecule has 2 rings (SSSR count). The molecule has 0 unspecified atom stereocenters. The third-order valence-electron chi connectivity index (χ3n) is 2.59. The number of carbonyl (C=O) groups excluding carboxylic acids is 1. The van der Waals surface area contributed by atoms with Gasteiger partial charge in [0, 0.05) is 6.20 Å². The van der Waals surface area contributed by atoms with Crippen LogP contribution >= 0.6 is 0 Å². The van der Waals surface area contributed by atoms with Gasteiger partial charge in [-0.05, 0) is 23.8 Å². The summed E-state index contributed by atoms with van der Waals surface area (Å²) in [4.78, 5) is 26.2. The molecule has 5 nitrogen and oxygen atoms in total. The monoisotopic (exact) mass is 274 g/mol. The number of amides is 1. The van der Waals surface area contributed by atoms with Gasteiger partial charge in [0.25, 0.3) is 0 Å². The molecule has 0 aliphatic carbocycles. The smallest absolute Gasteiger partial charge is 0.337 e. The minimum atomic E-state index is -1.10. The van der Waals surface area contributed by atoms with Crippen molar-refractivity contribution in [2.45, 2.75) is 6.42 Å². The van der Waals surface area contributed by atoms with Crippen molar-refractivity contribution in [2.75, 3.05) is 5.32 Å². The number of nitrogens with one attached hydrogen (secondary N) is 1. The van der Waals surface area contributed by atoms with Crippen molar-refractivity contribution < 1.29 is 19.1 Å². The van der Waals surface area contributed by atoms with E-state index >= 15 is 0 Å². The van der Waals surface area contributed by atoms with Crippen molar-refractivity contribution in [3.63, 3.8) is 0 Å². The molecule has 0 saturated carbocycles. The SMILES string of the molecule is O=C(Cc1ccccc1F)Nc1ccc(C(=O)O)cn1. The van der Waals surface area contributed by atoms with E-state index in [4.69, 9.17) is 5.11 Å². The van der Waals surface area contributed by atoms with Crippen molar-refractivity contribution in [3.8, 4) is 0 Å². The Morgan fingerprint density at radius 1 is 1.20 bits per heavy atom. The molecule has 1 aromatic carbocycles. The molecule has 2 N–H and O–H groups in total. The van der Waals surface area contributed by atoms with Crippen molar-refractivity contribution >= 4 is 17.7 Å². The molecule has 1 aromatic heterocycles. The molecule has 0 saturated heterocycles. The summed E-state index contributed by atoms with van der Waals surface area (Å²) >= 11 is 0. The van der Waals surface area contributed by atoms with Crippen molar-refractivity contribution in [3.05, 3.63) is 59.5 Å². The fourth-order valence-electron chi connectivity index (χ4n) is 1.60. The van der Waals surface area contributed by atoms with Crippen molar-refractivity contribution in [2.24, 2.45) is 0 Å². The van der Waals surface area contributed by atoms with Gasteiger partial charge in [0.1, 0.15) is 11.6 Å². The van der Waals surface area contributed by atoms with Crippen LogP contribution in [-0.2, 0) is 11.2 Å². The Labute approximate surface area is 114 Å². The lowest BCUT2D eigenvalue weighted by atomic mass is 10.1. The molecule has 0 spiro atoms. The fourth-order valence-corrected chi connectivity index (χ4v) is 1.60. The number of halogens is 1. The number of hydrogen-bond acceptors (Lipinski definition) is 3. The highest BCUT2D eigenvalue weighted by molar-refractivity contribution is 5.92. The second-order valence-corrected chi connectivity index (χ2v) is 4.05. The first kappa shape index (κ1) is 13.7. The van der Waals surface area contributed by atoms with Crippen LogP contribution in [0.1, 0.15) is 15.9 Å². The van der Waals surface area contributed by atoms with E-state index in [0.717, 1.165) is 6.20 Å². The number of pyridine rings is 1. The quantitative estimate of drug-likeness (QED) is 0.894. The molecule has 0 atom stereocenters. The number of anilines is 1. The summed E-state index contributed by atoms with van der Waals surface area (Å²) in [5.74, 6) is -1.75. The van der Waals surface area contributed by atoms with Gasteiger partial charge < -0.3 is 10.4 Å². The van der Waals surface area contributed by atoms with Crippen LogP contribution in [0.25, 0.3) is 0 Å². The normalized spacial score (nSPS) is 10.1. The molecule has 102 valence electrons. The van der Waals surface area contributed by atoms with Gasteiger partial charge in [-0.3, -0.25) is 4.79 Å². The van der Waals surface area contributed by atoms with Gasteiger partial charge in [0.15, 0.2) is 0 Å². The van der Waals surface area contributed by atoms with Gasteiger partial charge in [-0.25, -0.2) is 14.2 Å². The molecule has 0 aliphatic rings. The van der Waals surface area contributed by atoms with Gasteiger partial charge in [0.2, 0.25) is 5.91 Å². The lowest BCUT2D eigenvalue weighted by Gasteiger charge is -2.05. The topological polar surface area (TPSA) is 79.3 Å². The van der Waals surface area contributed by atoms with Crippen LogP contribution in [0.5, 0.6) is 0 Å². The van der Waals surface area contributed by atoms with E-state index in [1.54, 1.807) is 12.1 Å². The third-order valence-corrected chi connectivity index (χ3v) is 2.59. The molecule has 20 heavy (non-hydrogen) atoms. The molecule has 1 amide bonds. The Bertz CT molecular complexity index is 641. The number of aromatic carboxylic acids is 1. The van der Waals surface area contributed by atoms with E-state index in [9.17, 15) is 14.0 Å². The molecular weight excluding hydrogens is 263 g/mol. The van der Waals surface area contributed by atoms with Crippen LogP contribution in [0.2, 0.25) is 0 Å². The van der Waals surface area contributed by atoms with E-state index in [1.807, 2.05) is 0 Å². The van der Waals surface area contributed by atoms with Crippen LogP contribution in [0.3, 0.4) is 0 Å². The largest absolute Gasteiger partial charge is 0.478 e. The highest BCUT2D eigenvalue weighted by Crippen LogP contribution is 2.09. The van der Waals surface area contributed by atoms with Gasteiger partial charge in [-0.1, -0.05) is 18.2 Å². The zero-order valence-electron chi connectivity index (χ0n) is 10.3. The summed E-state index contributed by atoms with van der Waals surface area (Å²) in [6, 6.07) is 8.70. The average molecular weight is 274 g/mol. The van der Waals surface area contributed by atoms with Gasteiger partial charge in [0.05, 0.1) is 12.0 Å². The first-order valence-corrected chi connectivity index (χ1v) is 5.79. The Hall–Kier alpha value is -2.76. The summed E-state index contributed by atoms with van der Waals surface area (Å²) in [6.07, 6.45) is 1.02. The van der Waals surface area contributed by atoms with Gasteiger partial charge in [-0.2, -0.15) is 0 Å². The number of carbonyl (C=O) groups is 2. The summed E-state index contributed by atoms with van der Waals surface area (Å²) in [5, 5.41) is 11.2. The number of hydrogen-bond donors (Lipinski definition) is 2. The average Bonchev–Trinajstić information content (AvgIpc) is 2.42. The molecule has 1 heterocycles.